The third kappa shape index (κ3) is 7.13. The van der Waals surface area contributed by atoms with E-state index in [-0.39, 0.29) is 23.4 Å². The summed E-state index contributed by atoms with van der Waals surface area (Å²) in [5, 5.41) is 9.66. The molecule has 27 heavy (non-hydrogen) atoms. The van der Waals surface area contributed by atoms with Crippen LogP contribution in [0.15, 0.2) is 0 Å². The first-order valence-corrected chi connectivity index (χ1v) is 11.7. The van der Waals surface area contributed by atoms with Crippen molar-refractivity contribution in [2.45, 2.75) is 123 Å². The highest BCUT2D eigenvalue weighted by Crippen LogP contribution is 2.41. The zero-order valence-electron chi connectivity index (χ0n) is 17.8. The van der Waals surface area contributed by atoms with Crippen LogP contribution in [0.5, 0.6) is 0 Å². The third-order valence-electron chi connectivity index (χ3n) is 7.06. The molecule has 0 saturated heterocycles. The van der Waals surface area contributed by atoms with E-state index >= 15 is 0 Å². The van der Waals surface area contributed by atoms with E-state index in [0.717, 1.165) is 57.3 Å². The van der Waals surface area contributed by atoms with E-state index in [4.69, 9.17) is 4.74 Å². The molecule has 0 radical (unpaired) electrons. The molecule has 0 spiro atoms. The van der Waals surface area contributed by atoms with E-state index in [2.05, 4.69) is 19.9 Å². The highest BCUT2D eigenvalue weighted by atomic mass is 16.5. The molecule has 0 heterocycles. The maximum atomic E-state index is 12.6. The predicted molar refractivity (Wildman–Crippen MR) is 110 cm³/mol. The Hall–Kier alpha value is -1.04. The SMILES string of the molecule is CCCCC[C@H]1CC[C@H](C(=O)O[C@H]2CC[C@@](C#N)(CCCCC)CC2)CC1. The van der Waals surface area contributed by atoms with Crippen molar-refractivity contribution in [1.29, 1.82) is 5.26 Å². The van der Waals surface area contributed by atoms with Gasteiger partial charge in [0.2, 0.25) is 0 Å². The standard InChI is InChI=1S/C24H41NO2/c1-3-5-7-9-20-10-12-21(13-11-20)23(26)27-22-14-17-24(19-25,18-15-22)16-8-6-4-2/h20-22H,3-18H2,1-2H3/t20-,21-,22-,24-. The molecule has 2 fully saturated rings. The van der Waals surface area contributed by atoms with Gasteiger partial charge in [-0.1, -0.05) is 58.8 Å². The summed E-state index contributed by atoms with van der Waals surface area (Å²) < 4.78 is 5.88. The molecule has 0 unspecified atom stereocenters. The molecule has 2 aliphatic rings. The minimum absolute atomic E-state index is 0.0439. The molecule has 2 aliphatic carbocycles. The van der Waals surface area contributed by atoms with Gasteiger partial charge in [0.1, 0.15) is 6.10 Å². The Morgan fingerprint density at radius 2 is 1.59 bits per heavy atom. The zero-order valence-corrected chi connectivity index (χ0v) is 17.8. The first-order chi connectivity index (χ1) is 13.1. The van der Waals surface area contributed by atoms with Gasteiger partial charge in [-0.2, -0.15) is 5.26 Å². The van der Waals surface area contributed by atoms with E-state index in [1.165, 1.54) is 51.4 Å². The lowest BCUT2D eigenvalue weighted by molar-refractivity contribution is -0.158. The first kappa shape index (κ1) is 22.3. The second kappa shape index (κ2) is 11.7. The van der Waals surface area contributed by atoms with Gasteiger partial charge in [0.05, 0.1) is 17.4 Å². The minimum Gasteiger partial charge on any atom is -0.462 e. The number of nitriles is 1. The highest BCUT2D eigenvalue weighted by molar-refractivity contribution is 5.72. The fourth-order valence-electron chi connectivity index (χ4n) is 5.02. The Morgan fingerprint density at radius 3 is 2.19 bits per heavy atom. The van der Waals surface area contributed by atoms with E-state index in [9.17, 15) is 10.1 Å². The van der Waals surface area contributed by atoms with Gasteiger partial charge >= 0.3 is 5.97 Å². The van der Waals surface area contributed by atoms with Crippen molar-refractivity contribution < 1.29 is 9.53 Å². The second-order valence-electron chi connectivity index (χ2n) is 9.20. The van der Waals surface area contributed by atoms with Gasteiger partial charge in [-0.3, -0.25) is 4.79 Å². The van der Waals surface area contributed by atoms with Gasteiger partial charge in [0.25, 0.3) is 0 Å². The summed E-state index contributed by atoms with van der Waals surface area (Å²) in [7, 11) is 0. The van der Waals surface area contributed by atoms with Crippen LogP contribution in [0.3, 0.4) is 0 Å². The molecule has 0 atom stereocenters. The van der Waals surface area contributed by atoms with Crippen molar-refractivity contribution in [1.82, 2.24) is 0 Å². The summed E-state index contributed by atoms with van der Waals surface area (Å²) in [6, 6.07) is 2.60. The van der Waals surface area contributed by atoms with Crippen LogP contribution >= 0.6 is 0 Å². The maximum Gasteiger partial charge on any atom is 0.309 e. The number of unbranched alkanes of at least 4 members (excludes halogenated alkanes) is 4. The molecule has 3 heteroatoms. The van der Waals surface area contributed by atoms with Crippen LogP contribution < -0.4 is 0 Å². The smallest absolute Gasteiger partial charge is 0.309 e. The lowest BCUT2D eigenvalue weighted by atomic mass is 9.71. The summed E-state index contributed by atoms with van der Waals surface area (Å²) in [4.78, 5) is 12.6. The lowest BCUT2D eigenvalue weighted by Gasteiger charge is -2.35. The fourth-order valence-corrected chi connectivity index (χ4v) is 5.02. The van der Waals surface area contributed by atoms with Crippen LogP contribution in [0.4, 0.5) is 0 Å². The van der Waals surface area contributed by atoms with Crippen LogP contribution in [0, 0.1) is 28.6 Å². The Bertz CT molecular complexity index is 465. The average molecular weight is 376 g/mol. The Morgan fingerprint density at radius 1 is 0.963 bits per heavy atom. The number of hydrogen-bond acceptors (Lipinski definition) is 3. The molecule has 2 saturated carbocycles. The van der Waals surface area contributed by atoms with Gasteiger partial charge in [-0.25, -0.2) is 0 Å². The van der Waals surface area contributed by atoms with Crippen LogP contribution in [0.1, 0.15) is 117 Å². The number of carbonyl (C=O) groups is 1. The Balaban J connectivity index is 1.68. The summed E-state index contributed by atoms with van der Waals surface area (Å²) in [5.41, 5.74) is -0.158. The summed E-state index contributed by atoms with van der Waals surface area (Å²) in [5.74, 6) is 0.997. The molecule has 0 aromatic rings. The average Bonchev–Trinajstić information content (AvgIpc) is 2.70. The largest absolute Gasteiger partial charge is 0.462 e. The molecule has 0 aliphatic heterocycles. The topological polar surface area (TPSA) is 50.1 Å². The van der Waals surface area contributed by atoms with Crippen molar-refractivity contribution in [3.63, 3.8) is 0 Å². The van der Waals surface area contributed by atoms with Crippen LogP contribution in [0.25, 0.3) is 0 Å². The fraction of sp³-hybridized carbons (Fsp3) is 0.917. The lowest BCUT2D eigenvalue weighted by Crippen LogP contribution is -2.33. The summed E-state index contributed by atoms with van der Waals surface area (Å²) >= 11 is 0. The molecule has 2 rings (SSSR count). The van der Waals surface area contributed by atoms with Gasteiger partial charge < -0.3 is 4.74 Å². The molecule has 0 bridgehead atoms. The quantitative estimate of drug-likeness (QED) is 0.306. The van der Waals surface area contributed by atoms with Crippen LogP contribution in [-0.2, 0) is 9.53 Å². The van der Waals surface area contributed by atoms with Crippen LogP contribution in [0.2, 0.25) is 0 Å². The number of rotatable bonds is 10. The van der Waals surface area contributed by atoms with Crippen LogP contribution in [-0.4, -0.2) is 12.1 Å². The molecular formula is C24H41NO2. The Kier molecular flexibility index (Phi) is 9.66. The molecule has 0 amide bonds. The molecule has 154 valence electrons. The van der Waals surface area contributed by atoms with E-state index < -0.39 is 0 Å². The maximum absolute atomic E-state index is 12.6. The van der Waals surface area contributed by atoms with Gasteiger partial charge in [0, 0.05) is 0 Å². The molecule has 3 nitrogen and oxygen atoms in total. The third-order valence-corrected chi connectivity index (χ3v) is 7.06. The van der Waals surface area contributed by atoms with E-state index in [1.54, 1.807) is 0 Å². The zero-order chi connectivity index (χ0) is 19.5. The number of nitrogens with zero attached hydrogens (tertiary/aromatic N) is 1. The van der Waals surface area contributed by atoms with Crippen molar-refractivity contribution in [3.05, 3.63) is 0 Å². The number of ether oxygens (including phenoxy) is 1. The van der Waals surface area contributed by atoms with Crippen molar-refractivity contribution >= 4 is 5.97 Å². The highest BCUT2D eigenvalue weighted by Gasteiger charge is 2.37. The first-order valence-electron chi connectivity index (χ1n) is 11.7. The number of carbonyl (C=O) groups excluding carboxylic acids is 1. The summed E-state index contributed by atoms with van der Waals surface area (Å²) in [6.45, 7) is 4.46. The monoisotopic (exact) mass is 375 g/mol. The number of esters is 1. The Labute approximate surface area is 167 Å². The molecule has 0 aromatic heterocycles. The van der Waals surface area contributed by atoms with Crippen molar-refractivity contribution in [2.24, 2.45) is 17.3 Å². The van der Waals surface area contributed by atoms with Gasteiger partial charge in [0.15, 0.2) is 0 Å². The van der Waals surface area contributed by atoms with E-state index in [0.29, 0.717) is 0 Å². The number of hydrogen-bond donors (Lipinski definition) is 0. The molecule has 0 N–H and O–H groups in total. The summed E-state index contributed by atoms with van der Waals surface area (Å²) in [6.07, 6.45) is 17.9. The second-order valence-corrected chi connectivity index (χ2v) is 9.20. The normalized spacial score (nSPS) is 31.2. The van der Waals surface area contributed by atoms with Crippen molar-refractivity contribution in [3.8, 4) is 6.07 Å². The molecular weight excluding hydrogens is 334 g/mol. The predicted octanol–water partition coefficient (Wildman–Crippen LogP) is 6.95. The van der Waals surface area contributed by atoms with Gasteiger partial charge in [-0.05, 0) is 63.7 Å². The van der Waals surface area contributed by atoms with Gasteiger partial charge in [-0.15, -0.1) is 0 Å². The van der Waals surface area contributed by atoms with Crippen molar-refractivity contribution in [2.75, 3.05) is 0 Å². The van der Waals surface area contributed by atoms with E-state index in [1.807, 2.05) is 0 Å². The molecule has 0 aromatic carbocycles. The minimum atomic E-state index is -0.158.